The molecule has 23 heavy (non-hydrogen) atoms. The van der Waals surface area contributed by atoms with Gasteiger partial charge in [0.05, 0.1) is 6.54 Å². The monoisotopic (exact) mass is 321 g/mol. The lowest BCUT2D eigenvalue weighted by atomic mass is 9.91. The van der Waals surface area contributed by atoms with Crippen LogP contribution in [0.2, 0.25) is 0 Å². The molecule has 2 bridgehead atoms. The van der Waals surface area contributed by atoms with E-state index in [9.17, 15) is 24.7 Å². The number of fused-ring (bicyclic) bond motifs is 4. The molecule has 1 aromatic rings. The SMILES string of the molecule is CCNC(=O)Oc1ccc2c(c1)[C@H]1CN(C(=O)N1O)[C@H]2C(=O)O. The number of hydrogen-bond donors (Lipinski definition) is 3. The number of rotatable bonds is 3. The second-order valence-electron chi connectivity index (χ2n) is 5.25. The van der Waals surface area contributed by atoms with Crippen LogP contribution in [0.5, 0.6) is 5.75 Å². The van der Waals surface area contributed by atoms with E-state index < -0.39 is 30.2 Å². The molecular formula is C14H15N3O6. The highest BCUT2D eigenvalue weighted by atomic mass is 16.6. The second-order valence-corrected chi connectivity index (χ2v) is 5.25. The van der Waals surface area contributed by atoms with Gasteiger partial charge in [0.15, 0.2) is 6.04 Å². The summed E-state index contributed by atoms with van der Waals surface area (Å²) in [6.07, 6.45) is -0.636. The molecule has 2 atom stereocenters. The number of carbonyl (C=O) groups excluding carboxylic acids is 2. The van der Waals surface area contributed by atoms with Gasteiger partial charge in [-0.2, -0.15) is 5.06 Å². The Labute approximate surface area is 131 Å². The van der Waals surface area contributed by atoms with Gasteiger partial charge in [0.1, 0.15) is 11.8 Å². The van der Waals surface area contributed by atoms with Gasteiger partial charge in [0.2, 0.25) is 0 Å². The molecule has 9 heteroatoms. The first kappa shape index (κ1) is 15.1. The molecule has 0 saturated carbocycles. The first-order chi connectivity index (χ1) is 10.9. The van der Waals surface area contributed by atoms with Crippen molar-refractivity contribution in [3.05, 3.63) is 29.3 Å². The lowest BCUT2D eigenvalue weighted by molar-refractivity contribution is -0.142. The van der Waals surface area contributed by atoms with E-state index in [-0.39, 0.29) is 12.3 Å². The third-order valence-corrected chi connectivity index (χ3v) is 3.90. The smallest absolute Gasteiger partial charge is 0.412 e. The predicted molar refractivity (Wildman–Crippen MR) is 75.0 cm³/mol. The Morgan fingerprint density at radius 2 is 2.13 bits per heavy atom. The second kappa shape index (κ2) is 5.43. The summed E-state index contributed by atoms with van der Waals surface area (Å²) in [5, 5.41) is 22.3. The van der Waals surface area contributed by atoms with Crippen molar-refractivity contribution >= 4 is 18.1 Å². The Morgan fingerprint density at radius 1 is 1.39 bits per heavy atom. The number of aliphatic carboxylic acids is 1. The highest BCUT2D eigenvalue weighted by Crippen LogP contribution is 2.44. The summed E-state index contributed by atoms with van der Waals surface area (Å²) in [7, 11) is 0. The molecule has 1 fully saturated rings. The number of carboxylic acids is 1. The van der Waals surface area contributed by atoms with Gasteiger partial charge < -0.3 is 20.1 Å². The number of nitrogens with zero attached hydrogens (tertiary/aromatic N) is 2. The summed E-state index contributed by atoms with van der Waals surface area (Å²) in [4.78, 5) is 36.1. The van der Waals surface area contributed by atoms with E-state index in [4.69, 9.17) is 4.74 Å². The molecule has 1 saturated heterocycles. The number of hydroxylamine groups is 2. The maximum absolute atomic E-state index is 12.0. The van der Waals surface area contributed by atoms with E-state index in [1.165, 1.54) is 18.2 Å². The van der Waals surface area contributed by atoms with Crippen LogP contribution in [0.4, 0.5) is 9.59 Å². The van der Waals surface area contributed by atoms with Crippen molar-refractivity contribution in [2.45, 2.75) is 19.0 Å². The van der Waals surface area contributed by atoms with Crippen LogP contribution in [0, 0.1) is 0 Å². The van der Waals surface area contributed by atoms with E-state index in [2.05, 4.69) is 5.32 Å². The molecule has 2 aliphatic heterocycles. The summed E-state index contributed by atoms with van der Waals surface area (Å²) in [5.74, 6) is -0.981. The zero-order valence-corrected chi connectivity index (χ0v) is 12.2. The van der Waals surface area contributed by atoms with Gasteiger partial charge in [-0.1, -0.05) is 6.07 Å². The van der Waals surface area contributed by atoms with Crippen LogP contribution in [0.1, 0.15) is 30.1 Å². The van der Waals surface area contributed by atoms with Gasteiger partial charge >= 0.3 is 18.1 Å². The van der Waals surface area contributed by atoms with Crippen LogP contribution in [0.3, 0.4) is 0 Å². The van der Waals surface area contributed by atoms with E-state index in [1.807, 2.05) is 0 Å². The van der Waals surface area contributed by atoms with Gasteiger partial charge in [0, 0.05) is 6.54 Å². The van der Waals surface area contributed by atoms with Crippen molar-refractivity contribution in [3.63, 3.8) is 0 Å². The van der Waals surface area contributed by atoms with Gasteiger partial charge in [-0.25, -0.2) is 14.4 Å². The highest BCUT2D eigenvalue weighted by molar-refractivity contribution is 5.87. The molecule has 1 aromatic carbocycles. The lowest BCUT2D eigenvalue weighted by Gasteiger charge is -2.30. The molecule has 3 N–H and O–H groups in total. The molecule has 0 aliphatic carbocycles. The molecule has 3 amide bonds. The Hall–Kier alpha value is -2.81. The predicted octanol–water partition coefficient (Wildman–Crippen LogP) is 1.10. The summed E-state index contributed by atoms with van der Waals surface area (Å²) in [6, 6.07) is 1.81. The summed E-state index contributed by atoms with van der Waals surface area (Å²) in [6.45, 7) is 2.21. The van der Waals surface area contributed by atoms with E-state index in [0.29, 0.717) is 22.7 Å². The Bertz CT molecular complexity index is 691. The fourth-order valence-corrected chi connectivity index (χ4v) is 2.93. The van der Waals surface area contributed by atoms with Gasteiger partial charge in [0.25, 0.3) is 0 Å². The molecule has 2 heterocycles. The quantitative estimate of drug-likeness (QED) is 0.717. The molecule has 122 valence electrons. The van der Waals surface area contributed by atoms with Crippen molar-refractivity contribution in [3.8, 4) is 5.75 Å². The number of carbonyl (C=O) groups is 3. The number of hydrogen-bond acceptors (Lipinski definition) is 5. The number of benzene rings is 1. The third-order valence-electron chi connectivity index (χ3n) is 3.90. The van der Waals surface area contributed by atoms with Crippen LogP contribution in [-0.4, -0.2) is 51.5 Å². The number of urea groups is 1. The molecule has 3 rings (SSSR count). The molecule has 0 unspecified atom stereocenters. The van der Waals surface area contributed by atoms with Crippen molar-refractivity contribution < 1.29 is 29.4 Å². The largest absolute Gasteiger partial charge is 0.479 e. The Balaban J connectivity index is 2.00. The molecule has 0 radical (unpaired) electrons. The molecule has 0 spiro atoms. The fourth-order valence-electron chi connectivity index (χ4n) is 2.93. The van der Waals surface area contributed by atoms with Crippen LogP contribution >= 0.6 is 0 Å². The number of carboxylic acid groups (broad SMARTS) is 1. The normalized spacial score (nSPS) is 21.9. The standard InChI is InChI=1S/C14H15N3O6/c1-2-15-13(20)23-7-3-4-8-9(5-7)10-6-16(11(8)12(18)19)14(21)17(10)22/h3-5,10-11,22H,2,6H2,1H3,(H,15,20)(H,18,19)/t10-,11-/m1/s1. The zero-order chi connectivity index (χ0) is 16.7. The van der Waals surface area contributed by atoms with E-state index in [1.54, 1.807) is 6.92 Å². The topological polar surface area (TPSA) is 119 Å². The first-order valence-corrected chi connectivity index (χ1v) is 7.05. The Morgan fingerprint density at radius 3 is 2.78 bits per heavy atom. The summed E-state index contributed by atoms with van der Waals surface area (Å²) < 4.78 is 5.09. The van der Waals surface area contributed by atoms with Crippen molar-refractivity contribution in [2.75, 3.05) is 13.1 Å². The van der Waals surface area contributed by atoms with Gasteiger partial charge in [-0.15, -0.1) is 0 Å². The van der Waals surface area contributed by atoms with Crippen molar-refractivity contribution in [2.24, 2.45) is 0 Å². The first-order valence-electron chi connectivity index (χ1n) is 7.05. The van der Waals surface area contributed by atoms with Crippen molar-refractivity contribution in [1.29, 1.82) is 0 Å². The van der Waals surface area contributed by atoms with Crippen molar-refractivity contribution in [1.82, 2.24) is 15.3 Å². The van der Waals surface area contributed by atoms with Crippen LogP contribution in [0.25, 0.3) is 0 Å². The van der Waals surface area contributed by atoms with Gasteiger partial charge in [-0.3, -0.25) is 5.21 Å². The van der Waals surface area contributed by atoms with Crippen LogP contribution < -0.4 is 10.1 Å². The Kier molecular flexibility index (Phi) is 3.57. The minimum Gasteiger partial charge on any atom is -0.479 e. The van der Waals surface area contributed by atoms with Crippen LogP contribution in [-0.2, 0) is 4.79 Å². The summed E-state index contributed by atoms with van der Waals surface area (Å²) >= 11 is 0. The molecule has 9 nitrogen and oxygen atoms in total. The highest BCUT2D eigenvalue weighted by Gasteiger charge is 2.50. The molecule has 0 aromatic heterocycles. The zero-order valence-electron chi connectivity index (χ0n) is 12.2. The maximum Gasteiger partial charge on any atom is 0.412 e. The lowest BCUT2D eigenvalue weighted by Crippen LogP contribution is -2.38. The van der Waals surface area contributed by atoms with Gasteiger partial charge in [-0.05, 0) is 30.2 Å². The number of ether oxygens (including phenoxy) is 1. The minimum absolute atomic E-state index is 0.0594. The molecular weight excluding hydrogens is 306 g/mol. The number of nitrogens with one attached hydrogen (secondary N) is 1. The average Bonchev–Trinajstić information content (AvgIpc) is 2.74. The number of amides is 3. The van der Waals surface area contributed by atoms with E-state index >= 15 is 0 Å². The minimum atomic E-state index is -1.19. The fraction of sp³-hybridized carbons (Fsp3) is 0.357. The maximum atomic E-state index is 12.0. The summed E-state index contributed by atoms with van der Waals surface area (Å²) in [5.41, 5.74) is 0.839. The van der Waals surface area contributed by atoms with Crippen LogP contribution in [0.15, 0.2) is 18.2 Å². The molecule has 2 aliphatic rings. The average molecular weight is 321 g/mol. The van der Waals surface area contributed by atoms with E-state index in [0.717, 1.165) is 4.90 Å². The third kappa shape index (κ3) is 2.34.